The van der Waals surface area contributed by atoms with Crippen LogP contribution in [0.1, 0.15) is 23.2 Å². The van der Waals surface area contributed by atoms with E-state index in [4.69, 9.17) is 0 Å². The van der Waals surface area contributed by atoms with E-state index in [0.29, 0.717) is 11.6 Å². The molecular weight excluding hydrogens is 360 g/mol. The van der Waals surface area contributed by atoms with Crippen molar-refractivity contribution in [2.75, 3.05) is 20.1 Å². The van der Waals surface area contributed by atoms with E-state index in [1.165, 1.54) is 6.42 Å². The monoisotopic (exact) mass is 374 g/mol. The van der Waals surface area contributed by atoms with Crippen molar-refractivity contribution in [2.45, 2.75) is 18.9 Å². The fraction of sp³-hybridized carbons (Fsp3) is 0.462. The van der Waals surface area contributed by atoms with E-state index in [0.717, 1.165) is 28.5 Å². The minimum atomic E-state index is 0.0608. The predicted octanol–water partition coefficient (Wildman–Crippen LogP) is 3.04. The van der Waals surface area contributed by atoms with Gasteiger partial charge >= 0.3 is 0 Å². The minimum Gasteiger partial charge on any atom is -0.340 e. The zero-order valence-corrected chi connectivity index (χ0v) is 13.4. The van der Waals surface area contributed by atoms with Crippen LogP contribution in [0.15, 0.2) is 27.1 Å². The number of likely N-dealkylation sites (N-methyl/N-ethyl adjacent to an activating group) is 1. The molecule has 1 aromatic carbocycles. The fourth-order valence-corrected chi connectivity index (χ4v) is 3.52. The molecule has 0 saturated carbocycles. The first-order valence-corrected chi connectivity index (χ1v) is 7.60. The lowest BCUT2D eigenvalue weighted by Gasteiger charge is -2.21. The van der Waals surface area contributed by atoms with Gasteiger partial charge in [-0.1, -0.05) is 31.9 Å². The molecule has 2 rings (SSSR count). The first kappa shape index (κ1) is 14.0. The maximum absolute atomic E-state index is 12.3. The zero-order chi connectivity index (χ0) is 13.1. The van der Waals surface area contributed by atoms with Gasteiger partial charge in [0.05, 0.1) is 0 Å². The smallest absolute Gasteiger partial charge is 0.253 e. The van der Waals surface area contributed by atoms with Crippen molar-refractivity contribution < 1.29 is 4.79 Å². The molecule has 1 N–H and O–H groups in total. The van der Waals surface area contributed by atoms with Gasteiger partial charge in [0.2, 0.25) is 0 Å². The summed E-state index contributed by atoms with van der Waals surface area (Å²) in [4.78, 5) is 14.1. The lowest BCUT2D eigenvalue weighted by molar-refractivity contribution is 0.0783. The summed E-state index contributed by atoms with van der Waals surface area (Å²) in [5, 5.41) is 3.40. The highest BCUT2D eigenvalue weighted by atomic mass is 79.9. The Morgan fingerprint density at radius 1 is 1.39 bits per heavy atom. The average Bonchev–Trinajstić information content (AvgIpc) is 2.79. The summed E-state index contributed by atoms with van der Waals surface area (Å²) >= 11 is 6.81. The molecule has 1 aromatic rings. The highest BCUT2D eigenvalue weighted by Crippen LogP contribution is 2.21. The molecule has 0 radical (unpaired) electrons. The summed E-state index contributed by atoms with van der Waals surface area (Å²) < 4.78 is 1.82. The summed E-state index contributed by atoms with van der Waals surface area (Å²) in [5.74, 6) is 0.0608. The number of hydrogen-bond donors (Lipinski definition) is 1. The number of rotatable bonds is 3. The number of hydrogen-bond acceptors (Lipinski definition) is 2. The van der Waals surface area contributed by atoms with E-state index in [1.807, 2.05) is 25.2 Å². The standard InChI is InChI=1S/C13H16Br2N2O/c1-17(8-12-3-2-4-16-12)13(18)9-5-10(14)7-11(15)6-9/h5-7,12,16H,2-4,8H2,1H3. The van der Waals surface area contributed by atoms with Crippen LogP contribution in [0.3, 0.4) is 0 Å². The number of carbonyl (C=O) groups excluding carboxylic acids is 1. The molecule has 0 bridgehead atoms. The largest absolute Gasteiger partial charge is 0.340 e. The molecule has 1 saturated heterocycles. The molecule has 1 aliphatic heterocycles. The van der Waals surface area contributed by atoms with Gasteiger partial charge in [-0.15, -0.1) is 0 Å². The molecule has 1 amide bonds. The normalized spacial score (nSPS) is 18.9. The molecular formula is C13H16Br2N2O. The molecule has 1 fully saturated rings. The van der Waals surface area contributed by atoms with E-state index in [-0.39, 0.29) is 5.91 Å². The molecule has 98 valence electrons. The Labute approximate surface area is 124 Å². The lowest BCUT2D eigenvalue weighted by Crippen LogP contribution is -2.38. The van der Waals surface area contributed by atoms with Crippen LogP contribution in [-0.2, 0) is 0 Å². The SMILES string of the molecule is CN(CC1CCCN1)C(=O)c1cc(Br)cc(Br)c1. The van der Waals surface area contributed by atoms with Crippen molar-refractivity contribution >= 4 is 37.8 Å². The Balaban J connectivity index is 2.04. The summed E-state index contributed by atoms with van der Waals surface area (Å²) in [6.45, 7) is 1.83. The summed E-state index contributed by atoms with van der Waals surface area (Å²) in [6, 6.07) is 6.07. The van der Waals surface area contributed by atoms with Crippen LogP contribution in [0.5, 0.6) is 0 Å². The van der Waals surface area contributed by atoms with Gasteiger partial charge in [-0.05, 0) is 37.6 Å². The first-order valence-electron chi connectivity index (χ1n) is 6.01. The van der Waals surface area contributed by atoms with Crippen molar-refractivity contribution in [3.8, 4) is 0 Å². The number of nitrogens with one attached hydrogen (secondary N) is 1. The van der Waals surface area contributed by atoms with Crippen LogP contribution in [0.25, 0.3) is 0 Å². The van der Waals surface area contributed by atoms with E-state index in [2.05, 4.69) is 37.2 Å². The van der Waals surface area contributed by atoms with Crippen LogP contribution in [0.4, 0.5) is 0 Å². The molecule has 1 unspecified atom stereocenters. The van der Waals surface area contributed by atoms with Crippen molar-refractivity contribution in [2.24, 2.45) is 0 Å². The lowest BCUT2D eigenvalue weighted by atomic mass is 10.1. The van der Waals surface area contributed by atoms with Crippen LogP contribution < -0.4 is 5.32 Å². The predicted molar refractivity (Wildman–Crippen MR) is 79.8 cm³/mol. The molecule has 0 aromatic heterocycles. The Morgan fingerprint density at radius 3 is 2.61 bits per heavy atom. The second-order valence-corrected chi connectivity index (χ2v) is 6.47. The number of halogens is 2. The highest BCUT2D eigenvalue weighted by Gasteiger charge is 2.20. The van der Waals surface area contributed by atoms with Gasteiger partial charge in [0.15, 0.2) is 0 Å². The highest BCUT2D eigenvalue weighted by molar-refractivity contribution is 9.11. The van der Waals surface area contributed by atoms with E-state index >= 15 is 0 Å². The number of amides is 1. The van der Waals surface area contributed by atoms with Crippen LogP contribution in [0.2, 0.25) is 0 Å². The maximum atomic E-state index is 12.3. The van der Waals surface area contributed by atoms with Crippen LogP contribution >= 0.6 is 31.9 Å². The Morgan fingerprint density at radius 2 is 2.06 bits per heavy atom. The fourth-order valence-electron chi connectivity index (χ4n) is 2.22. The van der Waals surface area contributed by atoms with Crippen molar-refractivity contribution in [3.63, 3.8) is 0 Å². The van der Waals surface area contributed by atoms with Crippen LogP contribution in [0, 0.1) is 0 Å². The third-order valence-electron chi connectivity index (χ3n) is 3.11. The summed E-state index contributed by atoms with van der Waals surface area (Å²) in [6.07, 6.45) is 2.36. The quantitative estimate of drug-likeness (QED) is 0.880. The maximum Gasteiger partial charge on any atom is 0.253 e. The van der Waals surface area contributed by atoms with E-state index < -0.39 is 0 Å². The van der Waals surface area contributed by atoms with E-state index in [1.54, 1.807) is 4.90 Å². The van der Waals surface area contributed by atoms with Crippen molar-refractivity contribution in [3.05, 3.63) is 32.7 Å². The van der Waals surface area contributed by atoms with Gasteiger partial charge in [0.1, 0.15) is 0 Å². The second kappa shape index (κ2) is 6.17. The Hall–Kier alpha value is -0.390. The second-order valence-electron chi connectivity index (χ2n) is 4.64. The number of carbonyl (C=O) groups is 1. The van der Waals surface area contributed by atoms with E-state index in [9.17, 15) is 4.79 Å². The third kappa shape index (κ3) is 3.56. The molecule has 1 atom stereocenters. The first-order chi connectivity index (χ1) is 8.56. The molecule has 3 nitrogen and oxygen atoms in total. The van der Waals surface area contributed by atoms with Gasteiger partial charge in [-0.3, -0.25) is 4.79 Å². The summed E-state index contributed by atoms with van der Waals surface area (Å²) in [7, 11) is 1.86. The van der Waals surface area contributed by atoms with Gasteiger partial charge < -0.3 is 10.2 Å². The molecule has 5 heteroatoms. The minimum absolute atomic E-state index is 0.0608. The average molecular weight is 376 g/mol. The van der Waals surface area contributed by atoms with Crippen LogP contribution in [-0.4, -0.2) is 37.0 Å². The molecule has 18 heavy (non-hydrogen) atoms. The summed E-state index contributed by atoms with van der Waals surface area (Å²) in [5.41, 5.74) is 0.705. The van der Waals surface area contributed by atoms with Gasteiger partial charge in [-0.25, -0.2) is 0 Å². The molecule has 1 aliphatic rings. The Kier molecular flexibility index (Phi) is 4.81. The molecule has 0 aliphatic carbocycles. The third-order valence-corrected chi connectivity index (χ3v) is 4.03. The van der Waals surface area contributed by atoms with Crippen molar-refractivity contribution in [1.29, 1.82) is 0 Å². The topological polar surface area (TPSA) is 32.3 Å². The van der Waals surface area contributed by atoms with Gasteiger partial charge in [-0.2, -0.15) is 0 Å². The zero-order valence-electron chi connectivity index (χ0n) is 10.2. The molecule has 1 heterocycles. The van der Waals surface area contributed by atoms with Gasteiger partial charge in [0, 0.05) is 34.1 Å². The number of benzene rings is 1. The van der Waals surface area contributed by atoms with Crippen molar-refractivity contribution in [1.82, 2.24) is 10.2 Å². The Bertz CT molecular complexity index is 424. The number of nitrogens with zero attached hydrogens (tertiary/aromatic N) is 1. The molecule has 0 spiro atoms. The van der Waals surface area contributed by atoms with Gasteiger partial charge in [0.25, 0.3) is 5.91 Å².